The number of ether oxygens (including phenoxy) is 1. The maximum absolute atomic E-state index is 12.7. The lowest BCUT2D eigenvalue weighted by Crippen LogP contribution is -2.33. The van der Waals surface area contributed by atoms with Gasteiger partial charge in [0, 0.05) is 31.4 Å². The number of benzene rings is 3. The Morgan fingerprint density at radius 3 is 2.29 bits per heavy atom. The first-order valence-corrected chi connectivity index (χ1v) is 11.0. The number of hydrogen-bond donors (Lipinski definition) is 0. The van der Waals surface area contributed by atoms with Crippen molar-refractivity contribution >= 4 is 29.5 Å². The number of carbonyl (C=O) groups is 3. The molecule has 0 spiro atoms. The van der Waals surface area contributed by atoms with Crippen LogP contribution in [0.4, 0.5) is 5.69 Å². The second kappa shape index (κ2) is 9.75. The summed E-state index contributed by atoms with van der Waals surface area (Å²) in [6.07, 6.45) is 3.60. The summed E-state index contributed by atoms with van der Waals surface area (Å²) in [4.78, 5) is 40.7. The van der Waals surface area contributed by atoms with Gasteiger partial charge in [-0.3, -0.25) is 14.4 Å². The molecule has 6 nitrogen and oxygen atoms in total. The highest BCUT2D eigenvalue weighted by molar-refractivity contribution is 6.05. The molecule has 4 rings (SSSR count). The summed E-state index contributed by atoms with van der Waals surface area (Å²) in [5.41, 5.74) is 4.25. The Morgan fingerprint density at radius 2 is 1.62 bits per heavy atom. The molecule has 6 heteroatoms. The fraction of sp³-hybridized carbons (Fsp3) is 0.179. The molecule has 1 aliphatic rings. The highest BCUT2D eigenvalue weighted by atomic mass is 16.5. The predicted molar refractivity (Wildman–Crippen MR) is 131 cm³/mol. The van der Waals surface area contributed by atoms with Gasteiger partial charge in [-0.05, 0) is 60.5 Å². The average Bonchev–Trinajstić information content (AvgIpc) is 2.84. The molecule has 3 aromatic carbocycles. The number of hydrogen-bond acceptors (Lipinski definition) is 4. The van der Waals surface area contributed by atoms with Crippen LogP contribution in [-0.2, 0) is 9.59 Å². The van der Waals surface area contributed by atoms with Crippen LogP contribution in [0.3, 0.4) is 0 Å². The van der Waals surface area contributed by atoms with Crippen LogP contribution in [-0.4, -0.2) is 29.7 Å². The van der Waals surface area contributed by atoms with Gasteiger partial charge in [0.2, 0.25) is 5.91 Å². The molecule has 34 heavy (non-hydrogen) atoms. The molecule has 0 saturated heterocycles. The van der Waals surface area contributed by atoms with Crippen LogP contribution in [0.25, 0.3) is 6.08 Å². The molecule has 1 atom stereocenters. The van der Waals surface area contributed by atoms with E-state index in [-0.39, 0.29) is 18.2 Å². The molecule has 0 saturated carbocycles. The van der Waals surface area contributed by atoms with E-state index in [2.05, 4.69) is 0 Å². The van der Waals surface area contributed by atoms with Gasteiger partial charge in [0.1, 0.15) is 5.75 Å². The standard InChI is InChI=1S/C28H26N2O4/c1-19-8-10-22(11-9-19)28(33)29(3)23-12-14-24(15-13-23)34-27(32)18-26-25-7-5-4-6-21(25)16-17-30(26)20(2)31/h4-17,26H,18H2,1-3H3. The summed E-state index contributed by atoms with van der Waals surface area (Å²) in [5, 5.41) is 0. The molecule has 0 radical (unpaired) electrons. The second-order valence-corrected chi connectivity index (χ2v) is 8.29. The smallest absolute Gasteiger partial charge is 0.313 e. The van der Waals surface area contributed by atoms with Crippen molar-refractivity contribution in [3.63, 3.8) is 0 Å². The topological polar surface area (TPSA) is 66.9 Å². The van der Waals surface area contributed by atoms with Crippen LogP contribution >= 0.6 is 0 Å². The highest BCUT2D eigenvalue weighted by Gasteiger charge is 2.29. The van der Waals surface area contributed by atoms with Gasteiger partial charge in [0.05, 0.1) is 12.5 Å². The Kier molecular flexibility index (Phi) is 6.59. The zero-order valence-corrected chi connectivity index (χ0v) is 19.4. The van der Waals surface area contributed by atoms with Gasteiger partial charge in [0.15, 0.2) is 0 Å². The minimum Gasteiger partial charge on any atom is -0.426 e. The Labute approximate surface area is 199 Å². The number of aryl methyl sites for hydroxylation is 1. The normalized spacial score (nSPS) is 14.3. The van der Waals surface area contributed by atoms with Crippen molar-refractivity contribution in [2.45, 2.75) is 26.3 Å². The molecule has 0 N–H and O–H groups in total. The number of fused-ring (bicyclic) bond motifs is 1. The molecule has 3 aromatic rings. The van der Waals surface area contributed by atoms with E-state index >= 15 is 0 Å². The monoisotopic (exact) mass is 454 g/mol. The summed E-state index contributed by atoms with van der Waals surface area (Å²) in [6, 6.07) is 21.4. The third-order valence-electron chi connectivity index (χ3n) is 5.89. The summed E-state index contributed by atoms with van der Waals surface area (Å²) >= 11 is 0. The Bertz CT molecular complexity index is 1250. The minimum atomic E-state index is -0.446. The summed E-state index contributed by atoms with van der Waals surface area (Å²) < 4.78 is 5.55. The molecule has 1 heterocycles. The third-order valence-corrected chi connectivity index (χ3v) is 5.89. The van der Waals surface area contributed by atoms with Gasteiger partial charge in [-0.1, -0.05) is 42.0 Å². The molecule has 1 unspecified atom stereocenters. The maximum atomic E-state index is 12.7. The van der Waals surface area contributed by atoms with Crippen molar-refractivity contribution in [2.75, 3.05) is 11.9 Å². The van der Waals surface area contributed by atoms with Crippen LogP contribution in [0.2, 0.25) is 0 Å². The van der Waals surface area contributed by atoms with Gasteiger partial charge >= 0.3 is 5.97 Å². The highest BCUT2D eigenvalue weighted by Crippen LogP contribution is 2.33. The van der Waals surface area contributed by atoms with Crippen molar-refractivity contribution in [3.05, 3.63) is 101 Å². The van der Waals surface area contributed by atoms with Crippen molar-refractivity contribution in [1.29, 1.82) is 0 Å². The van der Waals surface area contributed by atoms with E-state index in [0.29, 0.717) is 17.0 Å². The van der Waals surface area contributed by atoms with Crippen LogP contribution in [0.5, 0.6) is 5.75 Å². The maximum Gasteiger partial charge on any atom is 0.313 e. The fourth-order valence-electron chi connectivity index (χ4n) is 3.99. The van der Waals surface area contributed by atoms with Gasteiger partial charge in [-0.15, -0.1) is 0 Å². The summed E-state index contributed by atoms with van der Waals surface area (Å²) in [7, 11) is 1.70. The van der Waals surface area contributed by atoms with Gasteiger partial charge in [0.25, 0.3) is 5.91 Å². The average molecular weight is 455 g/mol. The second-order valence-electron chi connectivity index (χ2n) is 8.29. The van der Waals surface area contributed by atoms with Crippen LogP contribution in [0, 0.1) is 6.92 Å². The first kappa shape index (κ1) is 23.0. The van der Waals surface area contributed by atoms with E-state index in [1.807, 2.05) is 49.4 Å². The lowest BCUT2D eigenvalue weighted by Gasteiger charge is -2.32. The van der Waals surface area contributed by atoms with Crippen LogP contribution in [0.15, 0.2) is 79.0 Å². The Hall–Kier alpha value is -4.19. The molecule has 2 amide bonds. The fourth-order valence-corrected chi connectivity index (χ4v) is 3.99. The molecular weight excluding hydrogens is 428 g/mol. The first-order valence-electron chi connectivity index (χ1n) is 11.0. The van der Waals surface area contributed by atoms with E-state index in [9.17, 15) is 14.4 Å². The number of esters is 1. The van der Waals surface area contributed by atoms with Crippen LogP contribution < -0.4 is 9.64 Å². The van der Waals surface area contributed by atoms with Gasteiger partial charge in [-0.2, -0.15) is 0 Å². The minimum absolute atomic E-state index is 0.0223. The number of amides is 2. The lowest BCUT2D eigenvalue weighted by atomic mass is 9.94. The molecule has 0 bridgehead atoms. The third kappa shape index (κ3) is 4.91. The number of anilines is 1. The molecule has 0 aromatic heterocycles. The lowest BCUT2D eigenvalue weighted by molar-refractivity contribution is -0.137. The molecular formula is C28H26N2O4. The first-order chi connectivity index (χ1) is 16.3. The number of rotatable bonds is 5. The van der Waals surface area contributed by atoms with Crippen molar-refractivity contribution in [2.24, 2.45) is 0 Å². The quantitative estimate of drug-likeness (QED) is 0.395. The van der Waals surface area contributed by atoms with Crippen molar-refractivity contribution in [1.82, 2.24) is 4.90 Å². The van der Waals surface area contributed by atoms with E-state index in [1.54, 1.807) is 59.4 Å². The van der Waals surface area contributed by atoms with E-state index in [4.69, 9.17) is 4.74 Å². The predicted octanol–water partition coefficient (Wildman–Crippen LogP) is 5.14. The summed E-state index contributed by atoms with van der Waals surface area (Å²) in [5.74, 6) is -0.343. The van der Waals surface area contributed by atoms with Gasteiger partial charge in [-0.25, -0.2) is 0 Å². The Balaban J connectivity index is 1.43. The molecule has 1 aliphatic heterocycles. The van der Waals surface area contributed by atoms with E-state index < -0.39 is 12.0 Å². The molecule has 0 fully saturated rings. The largest absolute Gasteiger partial charge is 0.426 e. The Morgan fingerprint density at radius 1 is 0.941 bits per heavy atom. The zero-order valence-electron chi connectivity index (χ0n) is 19.4. The molecule has 172 valence electrons. The van der Waals surface area contributed by atoms with Crippen molar-refractivity contribution in [3.8, 4) is 5.75 Å². The van der Waals surface area contributed by atoms with E-state index in [1.165, 1.54) is 6.92 Å². The molecule has 0 aliphatic carbocycles. The number of carbonyl (C=O) groups excluding carboxylic acids is 3. The SMILES string of the molecule is CC(=O)N1C=Cc2ccccc2C1CC(=O)Oc1ccc(N(C)C(=O)c2ccc(C)cc2)cc1. The van der Waals surface area contributed by atoms with Crippen molar-refractivity contribution < 1.29 is 19.1 Å². The summed E-state index contributed by atoms with van der Waals surface area (Å²) in [6.45, 7) is 3.45. The van der Waals surface area contributed by atoms with E-state index in [0.717, 1.165) is 16.7 Å². The number of nitrogens with zero attached hydrogens (tertiary/aromatic N) is 2. The zero-order chi connectivity index (χ0) is 24.2. The van der Waals surface area contributed by atoms with Crippen LogP contribution in [0.1, 0.15) is 46.4 Å². The van der Waals surface area contributed by atoms with Gasteiger partial charge < -0.3 is 14.5 Å².